The van der Waals surface area contributed by atoms with Gasteiger partial charge in [-0.25, -0.2) is 8.78 Å². The van der Waals surface area contributed by atoms with Crippen LogP contribution in [-0.2, 0) is 10.2 Å². The van der Waals surface area contributed by atoms with Crippen molar-refractivity contribution in [3.05, 3.63) is 69.2 Å². The lowest BCUT2D eigenvalue weighted by atomic mass is 9.74. The lowest BCUT2D eigenvalue weighted by molar-refractivity contribution is -0.128. The normalized spacial score (nSPS) is 20.8. The molecule has 3 heterocycles. The molecule has 198 valence electrons. The molecule has 2 fully saturated rings. The second kappa shape index (κ2) is 10.9. The van der Waals surface area contributed by atoms with Crippen LogP contribution in [0.5, 0.6) is 0 Å². The topological polar surface area (TPSA) is 55.8 Å². The van der Waals surface area contributed by atoms with E-state index in [1.54, 1.807) is 4.90 Å². The summed E-state index contributed by atoms with van der Waals surface area (Å²) < 4.78 is 26.7. The Morgan fingerprint density at radius 1 is 1.08 bits per heavy atom. The Morgan fingerprint density at radius 2 is 1.76 bits per heavy atom. The minimum Gasteiger partial charge on any atom is -0.392 e. The Bertz CT molecular complexity index is 1170. The number of carbonyl (C=O) groups is 1. The second-order valence-corrected chi connectivity index (χ2v) is 11.4. The maximum absolute atomic E-state index is 13.4. The minimum absolute atomic E-state index is 0.00889. The Kier molecular flexibility index (Phi) is 7.78. The molecule has 0 bridgehead atoms. The maximum Gasteiger partial charge on any atom is 0.246 e. The summed E-state index contributed by atoms with van der Waals surface area (Å²) in [6.07, 6.45) is 5.71. The molecule has 9 heteroatoms. The lowest BCUT2D eigenvalue weighted by Gasteiger charge is -2.41. The van der Waals surface area contributed by atoms with Crippen molar-refractivity contribution in [2.75, 3.05) is 44.6 Å². The molecular formula is C28H31Cl2F2N3O2. The molecule has 3 aliphatic heterocycles. The van der Waals surface area contributed by atoms with Gasteiger partial charge in [-0.05, 0) is 80.6 Å². The van der Waals surface area contributed by atoms with Crippen LogP contribution in [0.4, 0.5) is 14.5 Å². The zero-order chi connectivity index (χ0) is 26.2. The number of hydrogen-bond donors (Lipinski definition) is 2. The van der Waals surface area contributed by atoms with Gasteiger partial charge < -0.3 is 20.2 Å². The van der Waals surface area contributed by atoms with Gasteiger partial charge in [0.05, 0.1) is 6.10 Å². The van der Waals surface area contributed by atoms with Crippen molar-refractivity contribution >= 4 is 40.9 Å². The number of aliphatic hydroxyl groups excluding tert-OH is 1. The molecule has 5 rings (SSSR count). The summed E-state index contributed by atoms with van der Waals surface area (Å²) in [6, 6.07) is 6.94. The third-order valence-corrected chi connectivity index (χ3v) is 8.68. The van der Waals surface area contributed by atoms with Crippen molar-refractivity contribution in [2.45, 2.75) is 37.2 Å². The summed E-state index contributed by atoms with van der Waals surface area (Å²) in [5.74, 6) is -1.41. The molecule has 3 aliphatic rings. The highest BCUT2D eigenvalue weighted by Gasteiger charge is 2.43. The number of likely N-dealkylation sites (tertiary alicyclic amines) is 2. The Hall–Kier alpha value is -2.19. The third kappa shape index (κ3) is 5.80. The van der Waals surface area contributed by atoms with E-state index in [2.05, 4.69) is 10.2 Å². The van der Waals surface area contributed by atoms with Crippen LogP contribution in [0.1, 0.15) is 36.8 Å². The highest BCUT2D eigenvalue weighted by atomic mass is 35.5. The average molecular weight is 550 g/mol. The number of halogens is 4. The standard InChI is InChI=1S/C28H31Cl2F2N3O2/c29-20-13-23(30)27-24(14-20)33-17-28(27)5-9-34(10-6-28)16-25(36)19-3-7-35(8-4-19)26(37)2-1-18-11-21(31)15-22(32)12-18/h1-2,11-15,19,25,33,36H,3-10,16-17H2. The molecule has 1 unspecified atom stereocenters. The zero-order valence-corrected chi connectivity index (χ0v) is 22.0. The maximum atomic E-state index is 13.4. The molecule has 0 radical (unpaired) electrons. The molecule has 2 N–H and O–H groups in total. The number of nitrogens with zero attached hydrogens (tertiary/aromatic N) is 2. The van der Waals surface area contributed by atoms with Crippen molar-refractivity contribution in [3.8, 4) is 0 Å². The van der Waals surface area contributed by atoms with Crippen LogP contribution in [0.25, 0.3) is 6.08 Å². The van der Waals surface area contributed by atoms with Crippen LogP contribution in [0.2, 0.25) is 10.0 Å². The number of piperidine rings is 2. The molecule has 2 saturated heterocycles. The van der Waals surface area contributed by atoms with Gasteiger partial charge in [0.1, 0.15) is 11.6 Å². The molecular weight excluding hydrogens is 519 g/mol. The van der Waals surface area contributed by atoms with Crippen molar-refractivity contribution in [1.29, 1.82) is 0 Å². The van der Waals surface area contributed by atoms with Gasteiger partial charge in [-0.1, -0.05) is 23.2 Å². The van der Waals surface area contributed by atoms with Crippen LogP contribution in [0.3, 0.4) is 0 Å². The highest BCUT2D eigenvalue weighted by Crippen LogP contribution is 2.48. The number of fused-ring (bicyclic) bond motifs is 2. The number of amides is 1. The van der Waals surface area contributed by atoms with E-state index in [0.29, 0.717) is 30.2 Å². The number of hydrogen-bond acceptors (Lipinski definition) is 4. The van der Waals surface area contributed by atoms with E-state index in [1.165, 1.54) is 29.8 Å². The second-order valence-electron chi connectivity index (χ2n) is 10.5. The predicted octanol–water partition coefficient (Wildman–Crippen LogP) is 5.34. The Morgan fingerprint density at radius 3 is 2.43 bits per heavy atom. The van der Waals surface area contributed by atoms with Crippen LogP contribution in [0, 0.1) is 17.6 Å². The first-order chi connectivity index (χ1) is 17.7. The first-order valence-electron chi connectivity index (χ1n) is 12.8. The fourth-order valence-corrected chi connectivity index (χ4v) is 6.75. The number of aliphatic hydroxyl groups is 1. The molecule has 1 spiro atoms. The quantitative estimate of drug-likeness (QED) is 0.494. The number of nitrogens with one attached hydrogen (secondary N) is 1. The molecule has 2 aromatic rings. The summed E-state index contributed by atoms with van der Waals surface area (Å²) in [7, 11) is 0. The van der Waals surface area contributed by atoms with Crippen LogP contribution in [0.15, 0.2) is 36.4 Å². The van der Waals surface area contributed by atoms with E-state index in [9.17, 15) is 18.7 Å². The molecule has 37 heavy (non-hydrogen) atoms. The van der Waals surface area contributed by atoms with Crippen molar-refractivity contribution in [2.24, 2.45) is 5.92 Å². The van der Waals surface area contributed by atoms with E-state index in [4.69, 9.17) is 23.2 Å². The molecule has 2 aromatic carbocycles. The number of anilines is 1. The van der Waals surface area contributed by atoms with Gasteiger partial charge in [0.2, 0.25) is 5.91 Å². The number of carbonyl (C=O) groups excluding carboxylic acids is 1. The summed E-state index contributed by atoms with van der Waals surface area (Å²) >= 11 is 12.8. The largest absolute Gasteiger partial charge is 0.392 e. The predicted molar refractivity (Wildman–Crippen MR) is 143 cm³/mol. The third-order valence-electron chi connectivity index (χ3n) is 8.16. The molecule has 5 nitrogen and oxygen atoms in total. The van der Waals surface area contributed by atoms with Gasteiger partial charge in [0.25, 0.3) is 0 Å². The molecule has 1 atom stereocenters. The zero-order valence-electron chi connectivity index (χ0n) is 20.5. The molecule has 0 saturated carbocycles. The van der Waals surface area contributed by atoms with Gasteiger partial charge in [0.15, 0.2) is 0 Å². The fraction of sp³-hybridized carbons (Fsp3) is 0.464. The van der Waals surface area contributed by atoms with Gasteiger partial charge >= 0.3 is 0 Å². The average Bonchev–Trinajstić information content (AvgIpc) is 3.21. The van der Waals surface area contributed by atoms with E-state index >= 15 is 0 Å². The number of rotatable bonds is 5. The van der Waals surface area contributed by atoms with Crippen molar-refractivity contribution in [1.82, 2.24) is 9.80 Å². The smallest absolute Gasteiger partial charge is 0.246 e. The number of benzene rings is 2. The van der Waals surface area contributed by atoms with Gasteiger partial charge in [-0.2, -0.15) is 0 Å². The summed E-state index contributed by atoms with van der Waals surface area (Å²) in [6.45, 7) is 4.35. The van der Waals surface area contributed by atoms with E-state index in [1.807, 2.05) is 12.1 Å². The number of β-amino-alcohol motifs (C(OH)–C–C–N with tert-alkyl or cyclic N) is 1. The monoisotopic (exact) mass is 549 g/mol. The minimum atomic E-state index is -0.677. The van der Waals surface area contributed by atoms with E-state index in [0.717, 1.165) is 62.1 Å². The fourth-order valence-electron chi connectivity index (χ4n) is 6.06. The summed E-state index contributed by atoms with van der Waals surface area (Å²) in [5, 5.41) is 15.8. The van der Waals surface area contributed by atoms with E-state index in [-0.39, 0.29) is 17.2 Å². The Labute approximate surface area is 226 Å². The van der Waals surface area contributed by atoms with Crippen LogP contribution in [-0.4, -0.2) is 66.2 Å². The molecule has 1 amide bonds. The molecule has 0 aliphatic carbocycles. The summed E-state index contributed by atoms with van der Waals surface area (Å²) in [4.78, 5) is 16.6. The van der Waals surface area contributed by atoms with Gasteiger partial charge in [0, 0.05) is 65.0 Å². The first-order valence-corrected chi connectivity index (χ1v) is 13.5. The van der Waals surface area contributed by atoms with Gasteiger partial charge in [-0.15, -0.1) is 0 Å². The summed E-state index contributed by atoms with van der Waals surface area (Å²) in [5.41, 5.74) is 2.52. The van der Waals surface area contributed by atoms with Crippen LogP contribution < -0.4 is 5.32 Å². The van der Waals surface area contributed by atoms with E-state index < -0.39 is 17.7 Å². The van der Waals surface area contributed by atoms with Crippen molar-refractivity contribution in [3.63, 3.8) is 0 Å². The first kappa shape index (κ1) is 26.4. The van der Waals surface area contributed by atoms with Gasteiger partial charge in [-0.3, -0.25) is 4.79 Å². The highest BCUT2D eigenvalue weighted by molar-refractivity contribution is 6.35. The molecule has 0 aromatic heterocycles. The van der Waals surface area contributed by atoms with Crippen molar-refractivity contribution < 1.29 is 18.7 Å². The van der Waals surface area contributed by atoms with Crippen LogP contribution >= 0.6 is 23.2 Å². The lowest BCUT2D eigenvalue weighted by Crippen LogP contribution is -2.48. The Balaban J connectivity index is 1.09. The SMILES string of the molecule is O=C(C=Cc1cc(F)cc(F)c1)N1CCC(C(O)CN2CCC3(CC2)CNc2cc(Cl)cc(Cl)c23)CC1.